The van der Waals surface area contributed by atoms with Gasteiger partial charge in [0, 0.05) is 37.5 Å². The molecule has 3 aliphatic rings. The van der Waals surface area contributed by atoms with Crippen LogP contribution < -0.4 is 10.1 Å². The molecule has 0 bridgehead atoms. The predicted octanol–water partition coefficient (Wildman–Crippen LogP) is 3.55. The molecule has 0 saturated heterocycles. The molecule has 1 aromatic carbocycles. The van der Waals surface area contributed by atoms with Crippen LogP contribution in [0.1, 0.15) is 75.3 Å². The zero-order valence-electron chi connectivity index (χ0n) is 21.5. The Kier molecular flexibility index (Phi) is 6.91. The lowest BCUT2D eigenvalue weighted by molar-refractivity contribution is -0.135. The molecule has 2 aromatic heterocycles. The number of aromatic nitrogens is 3. The van der Waals surface area contributed by atoms with Gasteiger partial charge in [0.2, 0.25) is 0 Å². The molecule has 208 valence electrons. The van der Waals surface area contributed by atoms with Gasteiger partial charge in [-0.2, -0.15) is 0 Å². The molecule has 1 aliphatic carbocycles. The Morgan fingerprint density at radius 1 is 1.10 bits per heavy atom. The summed E-state index contributed by atoms with van der Waals surface area (Å²) in [5.74, 6) is -1.62. The number of nitrogens with one attached hydrogen (secondary N) is 1. The number of ether oxygens (including phenoxy) is 1. The molecule has 1 fully saturated rings. The highest BCUT2D eigenvalue weighted by atomic mass is 35.5. The number of fused-ring (bicyclic) bond motifs is 3. The Balaban J connectivity index is 1.27. The van der Waals surface area contributed by atoms with Gasteiger partial charge < -0.3 is 24.6 Å². The van der Waals surface area contributed by atoms with Crippen molar-refractivity contribution in [2.24, 2.45) is 0 Å². The third kappa shape index (κ3) is 5.01. The van der Waals surface area contributed by atoms with Crippen molar-refractivity contribution in [2.75, 3.05) is 13.2 Å². The summed E-state index contributed by atoms with van der Waals surface area (Å²) in [5.41, 5.74) is 1.75. The zero-order valence-corrected chi connectivity index (χ0v) is 22.3. The van der Waals surface area contributed by atoms with Crippen LogP contribution in [-0.2, 0) is 24.2 Å². The number of nitrogens with zero attached hydrogens (tertiary/aromatic N) is 4. The number of aromatic carboxylic acids is 1. The van der Waals surface area contributed by atoms with Gasteiger partial charge in [-0.15, -0.1) is 0 Å². The average molecular weight is 568 g/mol. The van der Waals surface area contributed by atoms with E-state index in [4.69, 9.17) is 21.3 Å². The molecule has 2 N–H and O–H groups in total. The highest BCUT2D eigenvalue weighted by Gasteiger charge is 2.39. The fraction of sp³-hybridized carbons (Fsp3) is 0.393. The first-order valence-corrected chi connectivity index (χ1v) is 13.7. The number of hydrogen-bond donors (Lipinski definition) is 2. The van der Waals surface area contributed by atoms with Crippen LogP contribution >= 0.6 is 11.6 Å². The first-order valence-electron chi connectivity index (χ1n) is 13.3. The summed E-state index contributed by atoms with van der Waals surface area (Å²) >= 11 is 6.26. The highest BCUT2D eigenvalue weighted by molar-refractivity contribution is 6.31. The lowest BCUT2D eigenvalue weighted by atomic mass is 9.93. The molecular formula is C28H27ClFN5O5. The molecule has 0 unspecified atom stereocenters. The van der Waals surface area contributed by atoms with E-state index < -0.39 is 30.3 Å². The number of carboxylic acids is 1. The van der Waals surface area contributed by atoms with E-state index in [1.165, 1.54) is 24.3 Å². The van der Waals surface area contributed by atoms with Crippen LogP contribution in [0.15, 0.2) is 30.3 Å². The molecule has 12 heteroatoms. The predicted molar refractivity (Wildman–Crippen MR) is 141 cm³/mol. The molecule has 1 saturated carbocycles. The minimum Gasteiger partial charge on any atom is -0.481 e. The van der Waals surface area contributed by atoms with Crippen molar-refractivity contribution in [2.45, 2.75) is 57.2 Å². The van der Waals surface area contributed by atoms with E-state index in [1.54, 1.807) is 4.90 Å². The van der Waals surface area contributed by atoms with Crippen molar-refractivity contribution in [3.05, 3.63) is 75.3 Å². The molecular weight excluding hydrogens is 541 g/mol. The molecule has 1 atom stereocenters. The standard InChI is InChI=1S/C28H27ClFN5O5/c29-26-21(9-8-20(33-26)27(37)31-16-5-6-16)40-14-23(36)35-12-10-19-25(34-11-2-1-3-22(34)32-19)24(35)17-7-4-15(28(38)39)13-18(17)30/h4,7-9,13,16,24H,1-3,5-6,10-12,14H2,(H,31,37)(H,38,39)/t24-/m1/s1. The number of pyridine rings is 1. The topological polar surface area (TPSA) is 127 Å². The fourth-order valence-electron chi connectivity index (χ4n) is 5.38. The molecule has 10 nitrogen and oxygen atoms in total. The second-order valence-corrected chi connectivity index (χ2v) is 10.6. The Bertz CT molecular complexity index is 1520. The second-order valence-electron chi connectivity index (χ2n) is 10.3. The molecule has 0 spiro atoms. The molecule has 4 heterocycles. The van der Waals surface area contributed by atoms with Gasteiger partial charge in [0.1, 0.15) is 23.4 Å². The third-order valence-electron chi connectivity index (χ3n) is 7.53. The van der Waals surface area contributed by atoms with Gasteiger partial charge in [0.05, 0.1) is 17.0 Å². The molecule has 2 amide bonds. The van der Waals surface area contributed by atoms with E-state index in [-0.39, 0.29) is 46.2 Å². The van der Waals surface area contributed by atoms with Crippen molar-refractivity contribution in [1.29, 1.82) is 0 Å². The fourth-order valence-corrected chi connectivity index (χ4v) is 5.59. The Labute approximate surface area is 234 Å². The molecule has 3 aromatic rings. The summed E-state index contributed by atoms with van der Waals surface area (Å²) in [4.78, 5) is 47.7. The number of benzene rings is 1. The van der Waals surface area contributed by atoms with Crippen LogP contribution in [0.5, 0.6) is 5.75 Å². The summed E-state index contributed by atoms with van der Waals surface area (Å²) in [6.07, 6.45) is 5.14. The maximum absolute atomic E-state index is 15.4. The van der Waals surface area contributed by atoms with Gasteiger partial charge >= 0.3 is 5.97 Å². The quantitative estimate of drug-likeness (QED) is 0.418. The van der Waals surface area contributed by atoms with E-state index in [2.05, 4.69) is 14.9 Å². The van der Waals surface area contributed by atoms with Crippen LogP contribution in [0.3, 0.4) is 0 Å². The summed E-state index contributed by atoms with van der Waals surface area (Å²) < 4.78 is 23.2. The number of carbonyl (C=O) groups is 3. The molecule has 6 rings (SSSR count). The summed E-state index contributed by atoms with van der Waals surface area (Å²) in [6.45, 7) is 0.600. The monoisotopic (exact) mass is 567 g/mol. The Hall–Kier alpha value is -3.99. The number of imidazole rings is 1. The Morgan fingerprint density at radius 3 is 2.65 bits per heavy atom. The van der Waals surface area contributed by atoms with Crippen molar-refractivity contribution in [3.8, 4) is 5.75 Å². The average Bonchev–Trinajstić information content (AvgIpc) is 3.68. The number of hydrogen-bond acceptors (Lipinski definition) is 6. The van der Waals surface area contributed by atoms with Gasteiger partial charge in [-0.1, -0.05) is 17.7 Å². The normalized spacial score (nSPS) is 18.1. The second kappa shape index (κ2) is 10.5. The van der Waals surface area contributed by atoms with E-state index >= 15 is 4.39 Å². The number of carbonyl (C=O) groups excluding carboxylic acids is 2. The Morgan fingerprint density at radius 2 is 1.93 bits per heavy atom. The van der Waals surface area contributed by atoms with Crippen LogP contribution in [0, 0.1) is 5.82 Å². The van der Waals surface area contributed by atoms with Gasteiger partial charge in [0.15, 0.2) is 17.5 Å². The minimum absolute atomic E-state index is 0.0473. The maximum Gasteiger partial charge on any atom is 0.335 e. The van der Waals surface area contributed by atoms with E-state index in [1.807, 2.05) is 0 Å². The number of aryl methyl sites for hydroxylation is 1. The summed E-state index contributed by atoms with van der Waals surface area (Å²) in [7, 11) is 0. The van der Waals surface area contributed by atoms with Crippen LogP contribution in [0.2, 0.25) is 5.15 Å². The van der Waals surface area contributed by atoms with Gasteiger partial charge in [0.25, 0.3) is 11.8 Å². The number of rotatable bonds is 7. The lowest BCUT2D eigenvalue weighted by Gasteiger charge is -2.37. The summed E-state index contributed by atoms with van der Waals surface area (Å²) in [5, 5.41) is 12.1. The van der Waals surface area contributed by atoms with E-state index in [9.17, 15) is 19.5 Å². The van der Waals surface area contributed by atoms with E-state index in [0.29, 0.717) is 13.0 Å². The molecule has 0 radical (unpaired) electrons. The SMILES string of the molecule is O=C(O)c1ccc([C@@H]2c3c(nc4n3CCCC4)CCN2C(=O)COc2ccc(C(=O)NC3CC3)nc2Cl)c(F)c1. The van der Waals surface area contributed by atoms with Crippen molar-refractivity contribution in [3.63, 3.8) is 0 Å². The van der Waals surface area contributed by atoms with Crippen molar-refractivity contribution < 1.29 is 28.6 Å². The number of halogens is 2. The van der Waals surface area contributed by atoms with Crippen LogP contribution in [0.4, 0.5) is 4.39 Å². The maximum atomic E-state index is 15.4. The summed E-state index contributed by atoms with van der Waals surface area (Å²) in [6, 6.07) is 6.09. The van der Waals surface area contributed by atoms with Crippen molar-refractivity contribution in [1.82, 2.24) is 24.8 Å². The van der Waals surface area contributed by atoms with Crippen LogP contribution in [0.25, 0.3) is 0 Å². The van der Waals surface area contributed by atoms with Gasteiger partial charge in [-0.25, -0.2) is 19.2 Å². The minimum atomic E-state index is -1.24. The zero-order chi connectivity index (χ0) is 28.0. The van der Waals surface area contributed by atoms with Crippen LogP contribution in [-0.4, -0.2) is 61.5 Å². The van der Waals surface area contributed by atoms with Crippen molar-refractivity contribution >= 4 is 29.4 Å². The smallest absolute Gasteiger partial charge is 0.335 e. The molecule has 40 heavy (non-hydrogen) atoms. The largest absolute Gasteiger partial charge is 0.481 e. The third-order valence-corrected chi connectivity index (χ3v) is 7.80. The van der Waals surface area contributed by atoms with E-state index in [0.717, 1.165) is 55.4 Å². The molecule has 2 aliphatic heterocycles. The number of amides is 2. The van der Waals surface area contributed by atoms with Gasteiger partial charge in [-0.3, -0.25) is 9.59 Å². The first-order chi connectivity index (χ1) is 19.3. The first kappa shape index (κ1) is 26.2. The van der Waals surface area contributed by atoms with Gasteiger partial charge in [-0.05, 0) is 49.9 Å². The lowest BCUT2D eigenvalue weighted by Crippen LogP contribution is -2.44. The highest BCUT2D eigenvalue weighted by Crippen LogP contribution is 2.39. The number of carboxylic acid groups (broad SMARTS) is 1.